The summed E-state index contributed by atoms with van der Waals surface area (Å²) in [6.07, 6.45) is 0. The molecule has 1 heterocycles. The fraction of sp³-hybridized carbons (Fsp3) is 0.407. The van der Waals surface area contributed by atoms with Gasteiger partial charge in [0.1, 0.15) is 5.75 Å². The van der Waals surface area contributed by atoms with Crippen LogP contribution < -0.4 is 26.6 Å². The molecule has 7 N–H and O–H groups in total. The molecule has 2 aromatic carbocycles. The zero-order chi connectivity index (χ0) is 29.1. The summed E-state index contributed by atoms with van der Waals surface area (Å²) in [6, 6.07) is 13.4. The summed E-state index contributed by atoms with van der Waals surface area (Å²) >= 11 is 0. The molecular formula is C27H38N8O6. The van der Waals surface area contributed by atoms with Crippen LogP contribution in [0.15, 0.2) is 48.5 Å². The molecule has 0 atom stereocenters. The van der Waals surface area contributed by atoms with Gasteiger partial charge in [-0.1, -0.05) is 0 Å². The second-order valence-electron chi connectivity index (χ2n) is 8.53. The molecule has 0 fully saturated rings. The predicted octanol–water partition coefficient (Wildman–Crippen LogP) is 1.47. The number of nitrogens with zero attached hydrogens (tertiary/aromatic N) is 3. The molecule has 3 aromatic rings. The van der Waals surface area contributed by atoms with Crippen LogP contribution in [0.25, 0.3) is 0 Å². The minimum atomic E-state index is -0.233. The Balaban J connectivity index is 1.59. The standard InChI is InChI=1S/C27H38N8O6/c1-28-10-14-40-18-19-41-16-12-30-25-33-26(35-27(34-25)32-22-6-8-23(37)9-7-22)31-21-4-2-20(3-5-21)24(38)29-11-15-39-17-13-36/h2-9,28,36-37H,10-19H2,1H3,(H,29,38)(H3,30,31,32,33,34,35). The molecule has 0 saturated carbocycles. The number of aliphatic hydroxyl groups is 1. The van der Waals surface area contributed by atoms with Gasteiger partial charge in [-0.25, -0.2) is 0 Å². The van der Waals surface area contributed by atoms with Crippen LogP contribution in [0.1, 0.15) is 10.4 Å². The average Bonchev–Trinajstić information content (AvgIpc) is 2.97. The van der Waals surface area contributed by atoms with Gasteiger partial charge in [0.05, 0.1) is 46.2 Å². The van der Waals surface area contributed by atoms with Gasteiger partial charge in [0.15, 0.2) is 0 Å². The number of aromatic hydroxyl groups is 1. The number of benzene rings is 2. The van der Waals surface area contributed by atoms with Gasteiger partial charge in [0.2, 0.25) is 17.8 Å². The maximum absolute atomic E-state index is 12.3. The second-order valence-corrected chi connectivity index (χ2v) is 8.53. The Hall–Kier alpha value is -4.08. The number of anilines is 5. The fourth-order valence-corrected chi connectivity index (χ4v) is 3.31. The smallest absolute Gasteiger partial charge is 0.251 e. The van der Waals surface area contributed by atoms with E-state index in [0.29, 0.717) is 69.0 Å². The lowest BCUT2D eigenvalue weighted by Crippen LogP contribution is -2.27. The predicted molar refractivity (Wildman–Crippen MR) is 155 cm³/mol. The van der Waals surface area contributed by atoms with Crippen molar-refractivity contribution in [3.8, 4) is 5.75 Å². The van der Waals surface area contributed by atoms with Crippen molar-refractivity contribution in [3.05, 3.63) is 54.1 Å². The number of aliphatic hydroxyl groups excluding tert-OH is 1. The molecule has 1 aromatic heterocycles. The first-order valence-electron chi connectivity index (χ1n) is 13.3. The lowest BCUT2D eigenvalue weighted by molar-refractivity contribution is 0.0531. The number of ether oxygens (including phenoxy) is 3. The molecule has 0 bridgehead atoms. The second kappa shape index (κ2) is 18.3. The van der Waals surface area contributed by atoms with E-state index in [0.717, 1.165) is 6.54 Å². The Labute approximate surface area is 238 Å². The van der Waals surface area contributed by atoms with Crippen molar-refractivity contribution < 1.29 is 29.2 Å². The Bertz CT molecular complexity index is 1170. The molecule has 0 spiro atoms. The maximum Gasteiger partial charge on any atom is 0.251 e. The molecule has 14 nitrogen and oxygen atoms in total. The number of amides is 1. The molecule has 222 valence electrons. The summed E-state index contributed by atoms with van der Waals surface area (Å²) in [5.41, 5.74) is 1.84. The van der Waals surface area contributed by atoms with Crippen LogP contribution in [-0.2, 0) is 14.2 Å². The summed E-state index contributed by atoms with van der Waals surface area (Å²) in [6.45, 7) is 4.15. The van der Waals surface area contributed by atoms with Crippen LogP contribution in [0.2, 0.25) is 0 Å². The molecule has 1 amide bonds. The van der Waals surface area contributed by atoms with E-state index in [4.69, 9.17) is 19.3 Å². The van der Waals surface area contributed by atoms with Gasteiger partial charge in [-0.3, -0.25) is 4.79 Å². The number of phenols is 1. The van der Waals surface area contributed by atoms with Crippen LogP contribution >= 0.6 is 0 Å². The largest absolute Gasteiger partial charge is 0.508 e. The third kappa shape index (κ3) is 12.3. The number of carbonyl (C=O) groups is 1. The summed E-state index contributed by atoms with van der Waals surface area (Å²) in [4.78, 5) is 25.7. The van der Waals surface area contributed by atoms with Gasteiger partial charge >= 0.3 is 0 Å². The summed E-state index contributed by atoms with van der Waals surface area (Å²) in [5.74, 6) is 0.810. The summed E-state index contributed by atoms with van der Waals surface area (Å²) in [7, 11) is 1.87. The Kier molecular flexibility index (Phi) is 14.0. The number of aromatic nitrogens is 3. The minimum Gasteiger partial charge on any atom is -0.508 e. The highest BCUT2D eigenvalue weighted by Gasteiger charge is 2.10. The minimum absolute atomic E-state index is 0.0581. The molecule has 0 unspecified atom stereocenters. The zero-order valence-electron chi connectivity index (χ0n) is 23.1. The van der Waals surface area contributed by atoms with E-state index in [-0.39, 0.29) is 36.8 Å². The van der Waals surface area contributed by atoms with Gasteiger partial charge in [-0.2, -0.15) is 15.0 Å². The molecule has 14 heteroatoms. The van der Waals surface area contributed by atoms with Gasteiger partial charge in [-0.05, 0) is 55.6 Å². The van der Waals surface area contributed by atoms with Crippen LogP contribution in [0.3, 0.4) is 0 Å². The molecule has 41 heavy (non-hydrogen) atoms. The van der Waals surface area contributed by atoms with Crippen LogP contribution in [0.4, 0.5) is 29.2 Å². The highest BCUT2D eigenvalue weighted by Crippen LogP contribution is 2.20. The van der Waals surface area contributed by atoms with E-state index < -0.39 is 0 Å². The number of phenolic OH excluding ortho intramolecular Hbond substituents is 1. The van der Waals surface area contributed by atoms with Crippen molar-refractivity contribution in [3.63, 3.8) is 0 Å². The number of nitrogens with one attached hydrogen (secondary N) is 5. The van der Waals surface area contributed by atoms with Crippen molar-refractivity contribution in [2.45, 2.75) is 0 Å². The van der Waals surface area contributed by atoms with Gasteiger partial charge in [-0.15, -0.1) is 0 Å². The zero-order valence-corrected chi connectivity index (χ0v) is 23.1. The SMILES string of the molecule is CNCCOCCOCCNc1nc(Nc2ccc(O)cc2)nc(Nc2ccc(C(=O)NCCOCCO)cc2)n1. The normalized spacial score (nSPS) is 10.8. The summed E-state index contributed by atoms with van der Waals surface area (Å²) < 4.78 is 16.2. The first-order chi connectivity index (χ1) is 20.1. The molecule has 0 aliphatic heterocycles. The van der Waals surface area contributed by atoms with Crippen molar-refractivity contribution in [1.82, 2.24) is 25.6 Å². The Morgan fingerprint density at radius 3 is 1.85 bits per heavy atom. The van der Waals surface area contributed by atoms with Gasteiger partial charge < -0.3 is 51.0 Å². The first-order valence-corrected chi connectivity index (χ1v) is 13.3. The Morgan fingerprint density at radius 1 is 0.707 bits per heavy atom. The number of rotatable bonds is 20. The molecular weight excluding hydrogens is 532 g/mol. The van der Waals surface area contributed by atoms with Crippen LogP contribution in [0.5, 0.6) is 5.75 Å². The van der Waals surface area contributed by atoms with E-state index in [1.807, 2.05) is 7.05 Å². The van der Waals surface area contributed by atoms with Crippen molar-refractivity contribution >= 4 is 35.1 Å². The summed E-state index contributed by atoms with van der Waals surface area (Å²) in [5, 5.41) is 33.5. The molecule has 3 rings (SSSR count). The topological polar surface area (TPSA) is 184 Å². The fourth-order valence-electron chi connectivity index (χ4n) is 3.31. The maximum atomic E-state index is 12.3. The number of hydrogen-bond acceptors (Lipinski definition) is 13. The van der Waals surface area contributed by atoms with Crippen molar-refractivity contribution in [1.29, 1.82) is 0 Å². The van der Waals surface area contributed by atoms with E-state index in [1.54, 1.807) is 48.5 Å². The lowest BCUT2D eigenvalue weighted by atomic mass is 10.2. The monoisotopic (exact) mass is 570 g/mol. The number of carbonyl (C=O) groups excluding carboxylic acids is 1. The number of likely N-dealkylation sites (N-methyl/N-ethyl adjacent to an activating group) is 1. The van der Waals surface area contributed by atoms with E-state index >= 15 is 0 Å². The highest BCUT2D eigenvalue weighted by atomic mass is 16.5. The first kappa shape index (κ1) is 31.4. The number of hydrogen-bond donors (Lipinski definition) is 7. The van der Waals surface area contributed by atoms with Gasteiger partial charge in [0, 0.05) is 36.6 Å². The van der Waals surface area contributed by atoms with Crippen molar-refractivity contribution in [2.24, 2.45) is 0 Å². The molecule has 0 radical (unpaired) electrons. The van der Waals surface area contributed by atoms with Crippen LogP contribution in [-0.4, -0.2) is 104 Å². The molecule has 0 saturated heterocycles. The highest BCUT2D eigenvalue weighted by molar-refractivity contribution is 5.94. The van der Waals surface area contributed by atoms with E-state index in [1.165, 1.54) is 0 Å². The van der Waals surface area contributed by atoms with E-state index in [9.17, 15) is 9.90 Å². The third-order valence-corrected chi connectivity index (χ3v) is 5.33. The van der Waals surface area contributed by atoms with Crippen LogP contribution in [0, 0.1) is 0 Å². The van der Waals surface area contributed by atoms with Crippen molar-refractivity contribution in [2.75, 3.05) is 88.9 Å². The Morgan fingerprint density at radius 2 is 1.24 bits per heavy atom. The third-order valence-electron chi connectivity index (χ3n) is 5.33. The molecule has 0 aliphatic carbocycles. The quantitative estimate of drug-likeness (QED) is 0.0766. The van der Waals surface area contributed by atoms with E-state index in [2.05, 4.69) is 41.5 Å². The lowest BCUT2D eigenvalue weighted by Gasteiger charge is -2.12. The molecule has 0 aliphatic rings. The average molecular weight is 571 g/mol. The van der Waals surface area contributed by atoms with Gasteiger partial charge in [0.25, 0.3) is 5.91 Å².